The first-order valence-corrected chi connectivity index (χ1v) is 19.3. The van der Waals surface area contributed by atoms with Gasteiger partial charge in [-0.15, -0.1) is 0 Å². The highest BCUT2D eigenvalue weighted by Crippen LogP contribution is 2.47. The SMILES string of the molecule is COc1cc2c(cc1OC)C(C)(C)C(C=CC(=O)N1CCC(CCCC3CCN(C(=O)C=CC4=Cc5cc(OC)c(OC)cc5C4(C)C)CC3)CC1)=C2. The maximum absolute atomic E-state index is 13.2. The monoisotopic (exact) mass is 722 g/mol. The first kappa shape index (κ1) is 38.3. The van der Waals surface area contributed by atoms with Crippen LogP contribution in [0.3, 0.4) is 0 Å². The average molecular weight is 723 g/mol. The van der Waals surface area contributed by atoms with Gasteiger partial charge in [-0.3, -0.25) is 9.59 Å². The van der Waals surface area contributed by atoms with Gasteiger partial charge in [0.1, 0.15) is 0 Å². The maximum Gasteiger partial charge on any atom is 0.246 e. The minimum Gasteiger partial charge on any atom is -0.493 e. The Kier molecular flexibility index (Phi) is 11.5. The molecule has 0 N–H and O–H groups in total. The Morgan fingerprint density at radius 3 is 1.28 bits per heavy atom. The number of methoxy groups -OCH3 is 4. The Hall–Kier alpha value is -4.46. The van der Waals surface area contributed by atoms with Gasteiger partial charge in [0.05, 0.1) is 28.4 Å². The lowest BCUT2D eigenvalue weighted by Gasteiger charge is -2.33. The molecule has 0 atom stereocenters. The van der Waals surface area contributed by atoms with Crippen molar-refractivity contribution in [2.45, 2.75) is 83.5 Å². The molecule has 6 rings (SSSR count). The van der Waals surface area contributed by atoms with E-state index in [1.165, 1.54) is 30.4 Å². The second-order valence-corrected chi connectivity index (χ2v) is 16.2. The summed E-state index contributed by atoms with van der Waals surface area (Å²) < 4.78 is 22.1. The van der Waals surface area contributed by atoms with Crippen molar-refractivity contribution in [2.24, 2.45) is 11.8 Å². The third kappa shape index (κ3) is 7.92. The van der Waals surface area contributed by atoms with Crippen LogP contribution < -0.4 is 18.9 Å². The van der Waals surface area contributed by atoms with Gasteiger partial charge in [0.15, 0.2) is 23.0 Å². The first-order chi connectivity index (χ1) is 25.4. The van der Waals surface area contributed by atoms with Crippen LogP contribution >= 0.6 is 0 Å². The summed E-state index contributed by atoms with van der Waals surface area (Å²) in [4.78, 5) is 30.4. The number of benzene rings is 2. The number of carbonyl (C=O) groups excluding carboxylic acids is 2. The van der Waals surface area contributed by atoms with Gasteiger partial charge in [-0.1, -0.05) is 71.3 Å². The average Bonchev–Trinajstić information content (AvgIpc) is 3.57. The quantitative estimate of drug-likeness (QED) is 0.205. The van der Waals surface area contributed by atoms with E-state index in [1.54, 1.807) is 40.6 Å². The van der Waals surface area contributed by atoms with E-state index in [-0.39, 0.29) is 22.6 Å². The van der Waals surface area contributed by atoms with Gasteiger partial charge in [0, 0.05) is 49.2 Å². The normalized spacial score (nSPS) is 19.6. The number of hydrogen-bond donors (Lipinski definition) is 0. The van der Waals surface area contributed by atoms with E-state index >= 15 is 0 Å². The number of fused-ring (bicyclic) bond motifs is 2. The van der Waals surface area contributed by atoms with E-state index in [0.717, 1.165) is 85.6 Å². The summed E-state index contributed by atoms with van der Waals surface area (Å²) >= 11 is 0. The second-order valence-electron chi connectivity index (χ2n) is 16.2. The molecule has 2 aliphatic carbocycles. The highest BCUT2D eigenvalue weighted by molar-refractivity contribution is 5.90. The number of piperidine rings is 2. The number of ether oxygens (including phenoxy) is 4. The molecule has 284 valence electrons. The molecule has 2 aromatic carbocycles. The van der Waals surface area contributed by atoms with Crippen molar-refractivity contribution in [1.82, 2.24) is 9.80 Å². The van der Waals surface area contributed by atoms with Gasteiger partial charge in [0.25, 0.3) is 0 Å². The first-order valence-electron chi connectivity index (χ1n) is 19.3. The van der Waals surface area contributed by atoms with Crippen molar-refractivity contribution in [3.8, 4) is 23.0 Å². The van der Waals surface area contributed by atoms with Crippen LogP contribution in [0.1, 0.15) is 94.9 Å². The second kappa shape index (κ2) is 15.9. The highest BCUT2D eigenvalue weighted by Gasteiger charge is 2.35. The number of nitrogens with zero attached hydrogens (tertiary/aromatic N) is 2. The predicted octanol–water partition coefficient (Wildman–Crippen LogP) is 8.53. The molecule has 2 heterocycles. The molecule has 53 heavy (non-hydrogen) atoms. The van der Waals surface area contributed by atoms with Crippen LogP contribution in [0.4, 0.5) is 0 Å². The van der Waals surface area contributed by atoms with Crippen molar-refractivity contribution in [2.75, 3.05) is 54.6 Å². The number of allylic oxidation sites excluding steroid dienone is 4. The van der Waals surface area contributed by atoms with Crippen molar-refractivity contribution < 1.29 is 28.5 Å². The fraction of sp³-hybridized carbons (Fsp3) is 0.511. The Bertz CT molecular complexity index is 1680. The molecule has 0 saturated carbocycles. The standard InChI is InChI=1S/C45H58N2O6/c1-44(2)34(24-32-26-38(50-5)40(52-7)28-36(32)44)12-14-42(48)46-20-16-30(17-21-46)10-9-11-31-18-22-47(23-19-31)43(49)15-13-35-25-33-27-39(51-6)41(53-8)29-37(33)45(35,3)4/h12-15,24-31H,9-11,16-23H2,1-8H3. The molecule has 0 radical (unpaired) electrons. The molecule has 2 aliphatic heterocycles. The number of carbonyl (C=O) groups is 2. The van der Waals surface area contributed by atoms with E-state index in [2.05, 4.69) is 39.8 Å². The predicted molar refractivity (Wildman–Crippen MR) is 212 cm³/mol. The molecule has 2 amide bonds. The zero-order chi connectivity index (χ0) is 37.9. The van der Waals surface area contributed by atoms with Crippen LogP contribution in [0.2, 0.25) is 0 Å². The van der Waals surface area contributed by atoms with Gasteiger partial charge in [-0.2, -0.15) is 0 Å². The van der Waals surface area contributed by atoms with E-state index in [0.29, 0.717) is 23.3 Å². The van der Waals surface area contributed by atoms with Crippen LogP contribution in [-0.2, 0) is 20.4 Å². The van der Waals surface area contributed by atoms with Gasteiger partial charge in [-0.25, -0.2) is 0 Å². The Balaban J connectivity index is 0.904. The highest BCUT2D eigenvalue weighted by atomic mass is 16.5. The van der Waals surface area contributed by atoms with Gasteiger partial charge in [0.2, 0.25) is 11.8 Å². The number of hydrogen-bond acceptors (Lipinski definition) is 6. The summed E-state index contributed by atoms with van der Waals surface area (Å²) in [5.74, 6) is 4.40. The lowest BCUT2D eigenvalue weighted by Crippen LogP contribution is -2.38. The molecule has 0 aromatic heterocycles. The lowest BCUT2D eigenvalue weighted by atomic mass is 9.81. The number of likely N-dealkylation sites (tertiary alicyclic amines) is 2. The minimum absolute atomic E-state index is 0.0949. The smallest absolute Gasteiger partial charge is 0.246 e. The van der Waals surface area contributed by atoms with Crippen LogP contribution in [0.5, 0.6) is 23.0 Å². The molecular formula is C45H58N2O6. The lowest BCUT2D eigenvalue weighted by molar-refractivity contribution is -0.128. The largest absolute Gasteiger partial charge is 0.493 e. The summed E-state index contributed by atoms with van der Waals surface area (Å²) in [6, 6.07) is 8.12. The summed E-state index contributed by atoms with van der Waals surface area (Å²) in [5.41, 5.74) is 6.31. The van der Waals surface area contributed by atoms with Crippen LogP contribution in [0.25, 0.3) is 12.2 Å². The van der Waals surface area contributed by atoms with Crippen molar-refractivity contribution >= 4 is 24.0 Å². The summed E-state index contributed by atoms with van der Waals surface area (Å²) in [7, 11) is 6.61. The molecule has 2 fully saturated rings. The van der Waals surface area contributed by atoms with E-state index in [4.69, 9.17) is 18.9 Å². The number of amides is 2. The van der Waals surface area contributed by atoms with Gasteiger partial charge >= 0.3 is 0 Å². The Morgan fingerprint density at radius 1 is 0.604 bits per heavy atom. The molecule has 2 saturated heterocycles. The van der Waals surface area contributed by atoms with Gasteiger partial charge in [-0.05, 0) is 95.2 Å². The van der Waals surface area contributed by atoms with Gasteiger partial charge < -0.3 is 28.7 Å². The summed E-state index contributed by atoms with van der Waals surface area (Å²) in [6.45, 7) is 12.0. The Morgan fingerprint density at radius 2 is 0.943 bits per heavy atom. The fourth-order valence-electron chi connectivity index (χ4n) is 8.74. The third-order valence-electron chi connectivity index (χ3n) is 12.4. The zero-order valence-electron chi connectivity index (χ0n) is 33.1. The Labute approximate surface area is 316 Å². The van der Waals surface area contributed by atoms with E-state index in [1.807, 2.05) is 46.2 Å². The van der Waals surface area contributed by atoms with E-state index in [9.17, 15) is 9.59 Å². The van der Waals surface area contributed by atoms with Crippen molar-refractivity contribution in [1.29, 1.82) is 0 Å². The molecule has 8 heteroatoms. The van der Waals surface area contributed by atoms with E-state index < -0.39 is 0 Å². The minimum atomic E-state index is -0.230. The maximum atomic E-state index is 13.2. The molecule has 8 nitrogen and oxygen atoms in total. The fourth-order valence-corrected chi connectivity index (χ4v) is 8.74. The topological polar surface area (TPSA) is 77.5 Å². The number of rotatable bonds is 12. The zero-order valence-corrected chi connectivity index (χ0v) is 33.1. The van der Waals surface area contributed by atoms with Crippen LogP contribution in [0.15, 0.2) is 59.7 Å². The molecule has 2 aromatic rings. The van der Waals surface area contributed by atoms with Crippen LogP contribution in [0, 0.1) is 11.8 Å². The molecule has 0 unspecified atom stereocenters. The molecular weight excluding hydrogens is 665 g/mol. The molecule has 0 bridgehead atoms. The molecule has 0 spiro atoms. The third-order valence-corrected chi connectivity index (χ3v) is 12.4. The van der Waals surface area contributed by atoms with Crippen molar-refractivity contribution in [3.63, 3.8) is 0 Å². The molecule has 4 aliphatic rings. The van der Waals surface area contributed by atoms with Crippen LogP contribution in [-0.4, -0.2) is 76.2 Å². The van der Waals surface area contributed by atoms with Crippen molar-refractivity contribution in [3.05, 3.63) is 82.0 Å². The summed E-state index contributed by atoms with van der Waals surface area (Å²) in [5, 5.41) is 0. The summed E-state index contributed by atoms with van der Waals surface area (Å²) in [6.07, 6.45) is 19.7.